The maximum Gasteiger partial charge on any atom is 0.270 e. The van der Waals surface area contributed by atoms with Gasteiger partial charge in [-0.3, -0.25) is 14.6 Å². The molecule has 1 amide bonds. The molecule has 3 aromatic rings. The van der Waals surface area contributed by atoms with Crippen molar-refractivity contribution in [3.8, 4) is 16.9 Å². The number of ether oxygens (including phenoxy) is 1. The number of methoxy groups -OCH3 is 1. The molecule has 1 aromatic carbocycles. The fraction of sp³-hybridized carbons (Fsp3) is 0.409. The molecule has 1 aliphatic carbocycles. The minimum absolute atomic E-state index is 0.0688. The van der Waals surface area contributed by atoms with Crippen LogP contribution in [0.4, 0.5) is 5.95 Å². The fourth-order valence-corrected chi connectivity index (χ4v) is 4.90. The van der Waals surface area contributed by atoms with Crippen molar-refractivity contribution in [2.75, 3.05) is 25.1 Å². The molecule has 1 atom stereocenters. The van der Waals surface area contributed by atoms with Gasteiger partial charge in [0.05, 0.1) is 18.5 Å². The number of thiophene rings is 1. The molecule has 0 radical (unpaired) electrons. The van der Waals surface area contributed by atoms with Crippen LogP contribution in [0.3, 0.4) is 0 Å². The van der Waals surface area contributed by atoms with E-state index in [0.29, 0.717) is 28.8 Å². The van der Waals surface area contributed by atoms with Gasteiger partial charge in [0, 0.05) is 30.1 Å². The van der Waals surface area contributed by atoms with Crippen LogP contribution in [0.2, 0.25) is 0 Å². The number of anilines is 1. The van der Waals surface area contributed by atoms with Crippen LogP contribution in [0.1, 0.15) is 25.7 Å². The molecule has 0 spiro atoms. The lowest BCUT2D eigenvalue weighted by atomic mass is 9.97. The summed E-state index contributed by atoms with van der Waals surface area (Å²) in [6.45, 7) is 1.35. The number of amides is 1. The van der Waals surface area contributed by atoms with E-state index >= 15 is 0 Å². The Balaban J connectivity index is 1.47. The van der Waals surface area contributed by atoms with E-state index in [1.165, 1.54) is 11.3 Å². The van der Waals surface area contributed by atoms with Gasteiger partial charge in [-0.25, -0.2) is 4.98 Å². The molecule has 1 saturated carbocycles. The van der Waals surface area contributed by atoms with Gasteiger partial charge in [-0.05, 0) is 43.4 Å². The summed E-state index contributed by atoms with van der Waals surface area (Å²) in [6, 6.07) is 8.12. The number of benzene rings is 1. The molecule has 5 rings (SSSR count). The third-order valence-corrected chi connectivity index (χ3v) is 6.78. The van der Waals surface area contributed by atoms with Crippen LogP contribution in [0.15, 0.2) is 34.4 Å². The van der Waals surface area contributed by atoms with Crippen molar-refractivity contribution >= 4 is 33.4 Å². The van der Waals surface area contributed by atoms with Crippen LogP contribution >= 0.6 is 11.3 Å². The van der Waals surface area contributed by atoms with Gasteiger partial charge >= 0.3 is 0 Å². The second-order valence-electron chi connectivity index (χ2n) is 8.02. The topological polar surface area (TPSA) is 87.3 Å². The van der Waals surface area contributed by atoms with E-state index in [2.05, 4.69) is 10.3 Å². The second-order valence-corrected chi connectivity index (χ2v) is 8.90. The van der Waals surface area contributed by atoms with Gasteiger partial charge in [0.1, 0.15) is 10.4 Å². The van der Waals surface area contributed by atoms with Gasteiger partial charge in [0.25, 0.3) is 5.56 Å². The molecular weight excluding hydrogens is 400 g/mol. The predicted octanol–water partition coefficient (Wildman–Crippen LogP) is 3.16. The van der Waals surface area contributed by atoms with Crippen LogP contribution in [0, 0.1) is 5.92 Å². The first-order chi connectivity index (χ1) is 14.6. The summed E-state index contributed by atoms with van der Waals surface area (Å²) in [4.78, 5) is 35.1. The number of nitrogens with one attached hydrogen (secondary N) is 2. The highest BCUT2D eigenvalue weighted by atomic mass is 32.1. The van der Waals surface area contributed by atoms with Crippen LogP contribution in [0.25, 0.3) is 21.3 Å². The van der Waals surface area contributed by atoms with Gasteiger partial charge in [-0.2, -0.15) is 0 Å². The maximum absolute atomic E-state index is 12.8. The van der Waals surface area contributed by atoms with Gasteiger partial charge in [0.2, 0.25) is 11.9 Å². The summed E-state index contributed by atoms with van der Waals surface area (Å²) in [5, 5.41) is 5.07. The van der Waals surface area contributed by atoms with E-state index in [-0.39, 0.29) is 17.4 Å². The largest absolute Gasteiger partial charge is 0.497 e. The number of nitrogens with zero attached hydrogens (tertiary/aromatic N) is 2. The van der Waals surface area contributed by atoms with Crippen molar-refractivity contribution in [3.63, 3.8) is 0 Å². The summed E-state index contributed by atoms with van der Waals surface area (Å²) >= 11 is 1.39. The summed E-state index contributed by atoms with van der Waals surface area (Å²) in [6.07, 6.45) is 3.93. The van der Waals surface area contributed by atoms with Crippen molar-refractivity contribution < 1.29 is 9.53 Å². The lowest BCUT2D eigenvalue weighted by molar-refractivity contribution is -0.125. The molecule has 8 heteroatoms. The number of H-pyrrole nitrogens is 1. The first-order valence-corrected chi connectivity index (χ1v) is 11.2. The van der Waals surface area contributed by atoms with Crippen LogP contribution in [-0.4, -0.2) is 42.1 Å². The predicted molar refractivity (Wildman–Crippen MR) is 118 cm³/mol. The zero-order valence-corrected chi connectivity index (χ0v) is 17.6. The van der Waals surface area contributed by atoms with E-state index in [1.54, 1.807) is 7.11 Å². The number of aromatic amines is 1. The monoisotopic (exact) mass is 424 g/mol. The molecule has 2 N–H and O–H groups in total. The van der Waals surface area contributed by atoms with Crippen molar-refractivity contribution in [1.82, 2.24) is 15.3 Å². The fourth-order valence-electron chi connectivity index (χ4n) is 3.99. The first-order valence-electron chi connectivity index (χ1n) is 10.3. The van der Waals surface area contributed by atoms with Crippen LogP contribution in [-0.2, 0) is 4.79 Å². The van der Waals surface area contributed by atoms with E-state index in [9.17, 15) is 9.59 Å². The summed E-state index contributed by atoms with van der Waals surface area (Å²) in [5.74, 6) is 1.36. The SMILES string of the molecule is COc1cccc(-c2csc3c(=O)[nH]c(N4CCC[C@@H](C(=O)NC5CC5)C4)nc23)c1. The van der Waals surface area contributed by atoms with E-state index in [0.717, 1.165) is 49.1 Å². The summed E-state index contributed by atoms with van der Waals surface area (Å²) in [5.41, 5.74) is 2.43. The van der Waals surface area contributed by atoms with Crippen molar-refractivity contribution in [2.24, 2.45) is 5.92 Å². The van der Waals surface area contributed by atoms with Crippen LogP contribution < -0.4 is 20.5 Å². The smallest absolute Gasteiger partial charge is 0.270 e. The molecular formula is C22H24N4O3S. The highest BCUT2D eigenvalue weighted by Gasteiger charge is 2.31. The summed E-state index contributed by atoms with van der Waals surface area (Å²) < 4.78 is 5.95. The van der Waals surface area contributed by atoms with E-state index < -0.39 is 0 Å². The van der Waals surface area contributed by atoms with E-state index in [1.807, 2.05) is 34.5 Å². The third-order valence-electron chi connectivity index (χ3n) is 5.81. The minimum Gasteiger partial charge on any atom is -0.497 e. The maximum atomic E-state index is 12.8. The molecule has 7 nitrogen and oxygen atoms in total. The number of aromatic nitrogens is 2. The average Bonchev–Trinajstić information content (AvgIpc) is 3.48. The lowest BCUT2D eigenvalue weighted by Crippen LogP contribution is -2.44. The van der Waals surface area contributed by atoms with Gasteiger partial charge in [-0.1, -0.05) is 12.1 Å². The Morgan fingerprint density at radius 2 is 2.20 bits per heavy atom. The highest BCUT2D eigenvalue weighted by Crippen LogP contribution is 2.33. The number of hydrogen-bond donors (Lipinski definition) is 2. The lowest BCUT2D eigenvalue weighted by Gasteiger charge is -2.32. The van der Waals surface area contributed by atoms with Gasteiger partial charge in [0.15, 0.2) is 0 Å². The summed E-state index contributed by atoms with van der Waals surface area (Å²) in [7, 11) is 1.64. The van der Waals surface area contributed by atoms with Gasteiger partial charge < -0.3 is 15.0 Å². The molecule has 2 aliphatic rings. The number of rotatable bonds is 5. The zero-order valence-electron chi connectivity index (χ0n) is 16.8. The number of fused-ring (bicyclic) bond motifs is 1. The Hall–Kier alpha value is -2.87. The molecule has 0 bridgehead atoms. The highest BCUT2D eigenvalue weighted by molar-refractivity contribution is 7.17. The Kier molecular flexibility index (Phi) is 4.94. The molecule has 30 heavy (non-hydrogen) atoms. The second kappa shape index (κ2) is 7.75. The Bertz CT molecular complexity index is 1150. The number of carbonyl (C=O) groups is 1. The molecule has 156 valence electrons. The zero-order chi connectivity index (χ0) is 20.7. The minimum atomic E-state index is -0.140. The number of hydrogen-bond acceptors (Lipinski definition) is 6. The molecule has 1 aliphatic heterocycles. The molecule has 3 heterocycles. The Labute approximate surface area is 178 Å². The molecule has 1 saturated heterocycles. The quantitative estimate of drug-likeness (QED) is 0.657. The Morgan fingerprint density at radius 3 is 3.00 bits per heavy atom. The van der Waals surface area contributed by atoms with E-state index in [4.69, 9.17) is 9.72 Å². The molecule has 2 aromatic heterocycles. The van der Waals surface area contributed by atoms with Crippen molar-refractivity contribution in [1.29, 1.82) is 0 Å². The van der Waals surface area contributed by atoms with Crippen molar-refractivity contribution in [2.45, 2.75) is 31.7 Å². The Morgan fingerprint density at radius 1 is 1.33 bits per heavy atom. The number of piperidine rings is 1. The third kappa shape index (κ3) is 3.67. The van der Waals surface area contributed by atoms with Gasteiger partial charge in [-0.15, -0.1) is 11.3 Å². The average molecular weight is 425 g/mol. The van der Waals surface area contributed by atoms with Crippen LogP contribution in [0.5, 0.6) is 5.75 Å². The van der Waals surface area contributed by atoms with Crippen molar-refractivity contribution in [3.05, 3.63) is 40.0 Å². The standard InChI is InChI=1S/C22H24N4O3S/c1-29-16-6-2-4-13(10-16)17-12-30-19-18(17)24-22(25-21(19)28)26-9-3-5-14(11-26)20(27)23-15-7-8-15/h2,4,6,10,12,14-15H,3,5,7-9,11H2,1H3,(H,23,27)(H,24,25,28)/t14-/m1/s1. The number of carbonyl (C=O) groups excluding carboxylic acids is 1. The molecule has 2 fully saturated rings. The molecule has 0 unspecified atom stereocenters. The first kappa shape index (κ1) is 19.1. The normalized spacial score (nSPS) is 19.1.